The minimum absolute atomic E-state index is 0.115. The van der Waals surface area contributed by atoms with Crippen LogP contribution in [0.2, 0.25) is 0 Å². The van der Waals surface area contributed by atoms with Gasteiger partial charge >= 0.3 is 0 Å². The molecular formula is C23H29N2O2+. The van der Waals surface area contributed by atoms with Crippen LogP contribution in [0, 0.1) is 6.92 Å². The molecule has 0 bridgehead atoms. The standard InChI is InChI=1S/C23H28N2O2/c1-4-13-25(14-5-2)16-21-17(3)24-22-12-11-19(15-20(22)23(21)26)27-18-9-7-6-8-10-18/h6-12,15H,4-5,13-14,16H2,1-3H3,(H,24,26)/p+1. The van der Waals surface area contributed by atoms with E-state index in [1.165, 1.54) is 4.90 Å². The molecule has 4 heteroatoms. The highest BCUT2D eigenvalue weighted by molar-refractivity contribution is 5.81. The van der Waals surface area contributed by atoms with Gasteiger partial charge in [-0.1, -0.05) is 32.0 Å². The van der Waals surface area contributed by atoms with Crippen molar-refractivity contribution in [2.75, 3.05) is 13.1 Å². The van der Waals surface area contributed by atoms with Gasteiger partial charge in [0.05, 0.1) is 18.7 Å². The number of para-hydroxylation sites is 1. The fraction of sp³-hybridized carbons (Fsp3) is 0.348. The van der Waals surface area contributed by atoms with Gasteiger partial charge < -0.3 is 14.6 Å². The number of aryl methyl sites for hydroxylation is 1. The molecule has 27 heavy (non-hydrogen) atoms. The Balaban J connectivity index is 1.96. The fourth-order valence-corrected chi connectivity index (χ4v) is 3.59. The van der Waals surface area contributed by atoms with Crippen molar-refractivity contribution in [3.63, 3.8) is 0 Å². The van der Waals surface area contributed by atoms with E-state index in [9.17, 15) is 4.79 Å². The average molecular weight is 365 g/mol. The Hall–Kier alpha value is -2.59. The first-order valence-electron chi connectivity index (χ1n) is 9.84. The molecule has 0 amide bonds. The second-order valence-electron chi connectivity index (χ2n) is 7.11. The number of H-pyrrole nitrogens is 1. The van der Waals surface area contributed by atoms with Crippen LogP contribution in [0.4, 0.5) is 0 Å². The Labute approximate surface area is 160 Å². The van der Waals surface area contributed by atoms with E-state index in [2.05, 4.69) is 18.8 Å². The van der Waals surface area contributed by atoms with Crippen LogP contribution >= 0.6 is 0 Å². The maximum Gasteiger partial charge on any atom is 0.198 e. The molecule has 3 aromatic rings. The molecule has 2 N–H and O–H groups in total. The van der Waals surface area contributed by atoms with Crippen molar-refractivity contribution in [2.45, 2.75) is 40.2 Å². The summed E-state index contributed by atoms with van der Waals surface area (Å²) in [6.07, 6.45) is 2.24. The maximum absolute atomic E-state index is 13.2. The molecule has 0 radical (unpaired) electrons. The first kappa shape index (κ1) is 19.2. The molecule has 0 aliphatic carbocycles. The predicted molar refractivity (Wildman–Crippen MR) is 111 cm³/mol. The zero-order valence-corrected chi connectivity index (χ0v) is 16.5. The van der Waals surface area contributed by atoms with Gasteiger partial charge in [0.25, 0.3) is 0 Å². The Morgan fingerprint density at radius 3 is 2.33 bits per heavy atom. The largest absolute Gasteiger partial charge is 0.457 e. The molecule has 0 saturated heterocycles. The van der Waals surface area contributed by atoms with E-state index < -0.39 is 0 Å². The molecule has 0 aliphatic rings. The second-order valence-corrected chi connectivity index (χ2v) is 7.11. The van der Waals surface area contributed by atoms with Crippen LogP contribution in [0.3, 0.4) is 0 Å². The summed E-state index contributed by atoms with van der Waals surface area (Å²) in [7, 11) is 0. The van der Waals surface area contributed by atoms with E-state index in [0.29, 0.717) is 11.1 Å². The number of aromatic nitrogens is 1. The van der Waals surface area contributed by atoms with E-state index in [4.69, 9.17) is 4.74 Å². The highest BCUT2D eigenvalue weighted by Gasteiger charge is 2.16. The van der Waals surface area contributed by atoms with Crippen molar-refractivity contribution in [1.29, 1.82) is 0 Å². The third-order valence-electron chi connectivity index (χ3n) is 4.90. The lowest BCUT2D eigenvalue weighted by molar-refractivity contribution is -0.914. The van der Waals surface area contributed by atoms with Crippen molar-refractivity contribution in [3.05, 3.63) is 70.0 Å². The molecule has 1 heterocycles. The van der Waals surface area contributed by atoms with Crippen molar-refractivity contribution in [2.24, 2.45) is 0 Å². The van der Waals surface area contributed by atoms with E-state index in [1.54, 1.807) is 0 Å². The van der Waals surface area contributed by atoms with Crippen LogP contribution in [0.1, 0.15) is 37.9 Å². The van der Waals surface area contributed by atoms with Crippen LogP contribution in [-0.4, -0.2) is 18.1 Å². The zero-order valence-electron chi connectivity index (χ0n) is 16.5. The lowest BCUT2D eigenvalue weighted by Crippen LogP contribution is -3.10. The summed E-state index contributed by atoms with van der Waals surface area (Å²) in [5.41, 5.74) is 2.82. The van der Waals surface area contributed by atoms with Crippen molar-refractivity contribution in [1.82, 2.24) is 4.98 Å². The van der Waals surface area contributed by atoms with Crippen molar-refractivity contribution in [3.8, 4) is 11.5 Å². The number of ether oxygens (including phenoxy) is 1. The van der Waals surface area contributed by atoms with Crippen LogP contribution in [0.15, 0.2) is 53.3 Å². The number of nitrogens with one attached hydrogen (secondary N) is 2. The Bertz CT molecular complexity index is 942. The summed E-state index contributed by atoms with van der Waals surface area (Å²) in [4.78, 5) is 18.1. The smallest absolute Gasteiger partial charge is 0.198 e. The number of benzene rings is 2. The lowest BCUT2D eigenvalue weighted by Gasteiger charge is -2.19. The summed E-state index contributed by atoms with van der Waals surface area (Å²) in [5.74, 6) is 1.45. The van der Waals surface area contributed by atoms with Gasteiger partial charge in [-0.3, -0.25) is 4.79 Å². The quantitative estimate of drug-likeness (QED) is 0.637. The minimum Gasteiger partial charge on any atom is -0.457 e. The Morgan fingerprint density at radius 1 is 0.963 bits per heavy atom. The summed E-state index contributed by atoms with van der Waals surface area (Å²) in [6, 6.07) is 15.3. The van der Waals surface area contributed by atoms with Crippen LogP contribution in [-0.2, 0) is 6.54 Å². The highest BCUT2D eigenvalue weighted by Crippen LogP contribution is 2.24. The summed E-state index contributed by atoms with van der Waals surface area (Å²) < 4.78 is 5.91. The van der Waals surface area contributed by atoms with Gasteiger partial charge in [0.15, 0.2) is 5.43 Å². The molecule has 0 saturated carbocycles. The van der Waals surface area contributed by atoms with E-state index in [-0.39, 0.29) is 5.43 Å². The zero-order chi connectivity index (χ0) is 19.2. The number of hydrogen-bond acceptors (Lipinski definition) is 2. The van der Waals surface area contributed by atoms with Crippen molar-refractivity contribution >= 4 is 10.9 Å². The van der Waals surface area contributed by atoms with Gasteiger partial charge in [0.1, 0.15) is 18.0 Å². The molecule has 142 valence electrons. The normalized spacial score (nSPS) is 11.3. The maximum atomic E-state index is 13.2. The van der Waals surface area contributed by atoms with Crippen molar-refractivity contribution < 1.29 is 9.64 Å². The molecule has 0 fully saturated rings. The first-order valence-corrected chi connectivity index (χ1v) is 9.84. The van der Waals surface area contributed by atoms with Crippen LogP contribution < -0.4 is 15.1 Å². The van der Waals surface area contributed by atoms with E-state index in [1.807, 2.05) is 55.5 Å². The van der Waals surface area contributed by atoms with Crippen LogP contribution in [0.25, 0.3) is 10.9 Å². The molecule has 0 unspecified atom stereocenters. The van der Waals surface area contributed by atoms with Gasteiger partial charge in [-0.15, -0.1) is 0 Å². The van der Waals surface area contributed by atoms with Gasteiger partial charge in [-0.05, 0) is 50.1 Å². The third-order valence-corrected chi connectivity index (χ3v) is 4.90. The molecule has 4 nitrogen and oxygen atoms in total. The number of quaternary nitrogens is 1. The van der Waals surface area contributed by atoms with Gasteiger partial charge in [-0.2, -0.15) is 0 Å². The first-order chi connectivity index (χ1) is 13.1. The molecule has 0 aliphatic heterocycles. The van der Waals surface area contributed by atoms with E-state index in [0.717, 1.165) is 55.0 Å². The Kier molecular flexibility index (Phi) is 6.30. The van der Waals surface area contributed by atoms with Gasteiger partial charge in [0, 0.05) is 16.6 Å². The second kappa shape index (κ2) is 8.87. The SMILES string of the molecule is CCC[NH+](CCC)Cc1c(C)[nH]c2ccc(Oc3ccccc3)cc2c1=O. The molecular weight excluding hydrogens is 336 g/mol. The van der Waals surface area contributed by atoms with Crippen LogP contribution in [0.5, 0.6) is 11.5 Å². The number of pyridine rings is 1. The summed E-state index contributed by atoms with van der Waals surface area (Å²) in [6.45, 7) is 9.33. The molecule has 2 aromatic carbocycles. The van der Waals surface area contributed by atoms with Gasteiger partial charge in [0.2, 0.25) is 0 Å². The summed E-state index contributed by atoms with van der Waals surface area (Å²) in [5, 5.41) is 0.691. The highest BCUT2D eigenvalue weighted by atomic mass is 16.5. The number of aromatic amines is 1. The molecule has 0 atom stereocenters. The minimum atomic E-state index is 0.115. The molecule has 1 aromatic heterocycles. The summed E-state index contributed by atoms with van der Waals surface area (Å²) >= 11 is 0. The number of rotatable bonds is 8. The average Bonchev–Trinajstić information content (AvgIpc) is 2.67. The molecule has 3 rings (SSSR count). The fourth-order valence-electron chi connectivity index (χ4n) is 3.59. The Morgan fingerprint density at radius 2 is 1.67 bits per heavy atom. The monoisotopic (exact) mass is 365 g/mol. The lowest BCUT2D eigenvalue weighted by atomic mass is 10.1. The third kappa shape index (κ3) is 4.58. The number of fused-ring (bicyclic) bond motifs is 1. The predicted octanol–water partition coefficient (Wildman–Crippen LogP) is 3.83. The van der Waals surface area contributed by atoms with E-state index >= 15 is 0 Å². The topological polar surface area (TPSA) is 46.5 Å². The number of hydrogen-bond donors (Lipinski definition) is 2. The van der Waals surface area contributed by atoms with Gasteiger partial charge in [-0.25, -0.2) is 0 Å². The molecule has 0 spiro atoms.